The monoisotopic (exact) mass is 437 g/mol. The molecule has 0 aliphatic carbocycles. The highest BCUT2D eigenvalue weighted by Crippen LogP contribution is 2.30. The van der Waals surface area contributed by atoms with Crippen LogP contribution in [0.25, 0.3) is 10.8 Å². The molecule has 166 valence electrons. The maximum absolute atomic E-state index is 12.6. The van der Waals surface area contributed by atoms with Crippen molar-refractivity contribution in [1.29, 1.82) is 0 Å². The second-order valence-corrected chi connectivity index (χ2v) is 9.19. The number of fused-ring (bicyclic) bond motifs is 1. The summed E-state index contributed by atoms with van der Waals surface area (Å²) in [6, 6.07) is 8.44. The summed E-state index contributed by atoms with van der Waals surface area (Å²) < 4.78 is 27.4. The second kappa shape index (κ2) is 10.7. The van der Waals surface area contributed by atoms with Crippen molar-refractivity contribution < 1.29 is 23.4 Å². The molecule has 4 N–H and O–H groups in total. The Morgan fingerprint density at radius 2 is 1.67 bits per heavy atom. The van der Waals surface area contributed by atoms with E-state index >= 15 is 0 Å². The number of sulfonamides is 1. The Hall–Kier alpha value is -2.20. The van der Waals surface area contributed by atoms with Gasteiger partial charge in [-0.3, -0.25) is 4.79 Å². The van der Waals surface area contributed by atoms with Crippen molar-refractivity contribution in [2.45, 2.75) is 43.2 Å². The molecule has 8 nitrogen and oxygen atoms in total. The molecule has 9 heteroatoms. The first-order valence-electron chi connectivity index (χ1n) is 9.98. The van der Waals surface area contributed by atoms with Crippen LogP contribution in [0.1, 0.15) is 26.2 Å². The average molecular weight is 438 g/mol. The van der Waals surface area contributed by atoms with Gasteiger partial charge in [0.1, 0.15) is 6.04 Å². The highest BCUT2D eigenvalue weighted by atomic mass is 32.2. The summed E-state index contributed by atoms with van der Waals surface area (Å²) in [5, 5.41) is 23.1. The van der Waals surface area contributed by atoms with Crippen LogP contribution in [0.3, 0.4) is 0 Å². The number of carbonyl (C=O) groups is 1. The van der Waals surface area contributed by atoms with Crippen molar-refractivity contribution >= 4 is 32.5 Å². The van der Waals surface area contributed by atoms with Gasteiger partial charge in [0.05, 0.1) is 11.0 Å². The third-order valence-corrected chi connectivity index (χ3v) is 6.37. The van der Waals surface area contributed by atoms with Crippen LogP contribution < -0.4 is 14.9 Å². The van der Waals surface area contributed by atoms with Gasteiger partial charge in [-0.2, -0.15) is 4.72 Å². The lowest BCUT2D eigenvalue weighted by molar-refractivity contribution is -0.141. The summed E-state index contributed by atoms with van der Waals surface area (Å²) in [5.74, 6) is -1.44. The molecule has 0 saturated carbocycles. The number of hydrogen-bond donors (Lipinski definition) is 4. The number of carboxylic acid groups (broad SMARTS) is 1. The number of nitrogens with one attached hydrogen (secondary N) is 2. The number of aliphatic hydroxyl groups excluding tert-OH is 1. The SMILES string of the molecule is C1CCNCC1.CC(O)C(NS(=O)(=O)c1cccc2c(N(C)C)cccc12)C(=O)O. The van der Waals surface area contributed by atoms with E-state index in [4.69, 9.17) is 5.11 Å². The third kappa shape index (κ3) is 6.15. The van der Waals surface area contributed by atoms with Crippen LogP contribution in [-0.4, -0.2) is 63.9 Å². The average Bonchev–Trinajstić information content (AvgIpc) is 2.72. The van der Waals surface area contributed by atoms with Gasteiger partial charge in [0.2, 0.25) is 10.0 Å². The Balaban J connectivity index is 0.000000456. The molecule has 0 spiro atoms. The highest BCUT2D eigenvalue weighted by Gasteiger charge is 2.30. The lowest BCUT2D eigenvalue weighted by atomic mass is 10.1. The van der Waals surface area contributed by atoms with Crippen LogP contribution in [0.4, 0.5) is 5.69 Å². The molecule has 1 saturated heterocycles. The highest BCUT2D eigenvalue weighted by molar-refractivity contribution is 7.89. The third-order valence-electron chi connectivity index (χ3n) is 4.87. The molecule has 2 unspecified atom stereocenters. The van der Waals surface area contributed by atoms with E-state index in [-0.39, 0.29) is 4.90 Å². The van der Waals surface area contributed by atoms with Crippen LogP contribution >= 0.6 is 0 Å². The number of benzene rings is 2. The first-order valence-corrected chi connectivity index (χ1v) is 11.5. The summed E-state index contributed by atoms with van der Waals surface area (Å²) in [6.45, 7) is 3.72. The number of aliphatic hydroxyl groups is 1. The van der Waals surface area contributed by atoms with Gasteiger partial charge in [0, 0.05) is 30.6 Å². The van der Waals surface area contributed by atoms with Crippen LogP contribution in [0.5, 0.6) is 0 Å². The van der Waals surface area contributed by atoms with E-state index in [1.807, 2.05) is 25.1 Å². The number of nitrogens with zero attached hydrogens (tertiary/aromatic N) is 1. The van der Waals surface area contributed by atoms with Gasteiger partial charge in [0.25, 0.3) is 0 Å². The molecule has 0 amide bonds. The van der Waals surface area contributed by atoms with E-state index in [1.54, 1.807) is 24.3 Å². The van der Waals surface area contributed by atoms with Crippen LogP contribution in [0.15, 0.2) is 41.3 Å². The fraction of sp³-hybridized carbons (Fsp3) is 0.476. The predicted molar refractivity (Wildman–Crippen MR) is 118 cm³/mol. The summed E-state index contributed by atoms with van der Waals surface area (Å²) in [7, 11) is -0.429. The fourth-order valence-corrected chi connectivity index (χ4v) is 4.76. The zero-order valence-electron chi connectivity index (χ0n) is 17.6. The summed E-state index contributed by atoms with van der Waals surface area (Å²) in [6.07, 6.45) is 2.84. The van der Waals surface area contributed by atoms with Gasteiger partial charge in [-0.1, -0.05) is 30.7 Å². The number of hydrogen-bond acceptors (Lipinski definition) is 6. The molecule has 0 bridgehead atoms. The van der Waals surface area contributed by atoms with E-state index in [0.29, 0.717) is 5.39 Å². The summed E-state index contributed by atoms with van der Waals surface area (Å²) >= 11 is 0. The standard InChI is InChI=1S/C16H20N2O5S.C5H11N/c1-10(19)15(16(20)21)17-24(22,23)14-9-5-6-11-12(14)7-4-8-13(11)18(2)3;1-2-4-6-5-3-1/h4-10,15,17,19H,1-3H3,(H,20,21);6H,1-5H2. The van der Waals surface area contributed by atoms with E-state index in [9.17, 15) is 18.3 Å². The first kappa shape index (κ1) is 24.1. The Labute approximate surface area is 177 Å². The van der Waals surface area contributed by atoms with E-state index in [2.05, 4.69) is 10.0 Å². The molecule has 0 aromatic heterocycles. The van der Waals surface area contributed by atoms with E-state index < -0.39 is 28.1 Å². The molecule has 1 heterocycles. The van der Waals surface area contributed by atoms with Crippen LogP contribution in [0.2, 0.25) is 0 Å². The van der Waals surface area contributed by atoms with E-state index in [1.165, 1.54) is 45.3 Å². The van der Waals surface area contributed by atoms with Crippen molar-refractivity contribution in [2.75, 3.05) is 32.1 Å². The normalized spacial score (nSPS) is 16.3. The molecule has 2 aromatic carbocycles. The maximum atomic E-state index is 12.6. The molecule has 1 aliphatic rings. The number of anilines is 1. The maximum Gasteiger partial charge on any atom is 0.324 e. The number of carboxylic acids is 1. The van der Waals surface area contributed by atoms with Crippen LogP contribution in [-0.2, 0) is 14.8 Å². The number of rotatable bonds is 6. The van der Waals surface area contributed by atoms with Gasteiger partial charge in [-0.05, 0) is 45.0 Å². The summed E-state index contributed by atoms with van der Waals surface area (Å²) in [4.78, 5) is 13.0. The lowest BCUT2D eigenvalue weighted by Gasteiger charge is -2.19. The smallest absolute Gasteiger partial charge is 0.324 e. The molecular weight excluding hydrogens is 406 g/mol. The number of aliphatic carboxylic acids is 1. The number of piperidine rings is 1. The minimum atomic E-state index is -4.13. The zero-order valence-corrected chi connectivity index (χ0v) is 18.4. The van der Waals surface area contributed by atoms with Crippen LogP contribution in [0, 0.1) is 0 Å². The lowest BCUT2D eigenvalue weighted by Crippen LogP contribution is -2.47. The largest absolute Gasteiger partial charge is 0.480 e. The molecule has 1 aliphatic heterocycles. The molecule has 30 heavy (non-hydrogen) atoms. The van der Waals surface area contributed by atoms with Gasteiger partial charge < -0.3 is 20.4 Å². The topological polar surface area (TPSA) is 119 Å². The van der Waals surface area contributed by atoms with Gasteiger partial charge in [0.15, 0.2) is 0 Å². The molecule has 0 radical (unpaired) electrons. The molecule has 2 atom stereocenters. The van der Waals surface area contributed by atoms with Crippen molar-refractivity contribution in [1.82, 2.24) is 10.0 Å². The van der Waals surface area contributed by atoms with Gasteiger partial charge in [-0.15, -0.1) is 0 Å². The Bertz CT molecular complexity index is 945. The quantitative estimate of drug-likeness (QED) is 0.544. The Morgan fingerprint density at radius 3 is 2.13 bits per heavy atom. The first-order chi connectivity index (χ1) is 14.1. The Morgan fingerprint density at radius 1 is 1.07 bits per heavy atom. The van der Waals surface area contributed by atoms with E-state index in [0.717, 1.165) is 11.1 Å². The molecule has 1 fully saturated rings. The molecule has 2 aromatic rings. The fourth-order valence-electron chi connectivity index (χ4n) is 3.28. The van der Waals surface area contributed by atoms with Crippen molar-refractivity contribution in [2.24, 2.45) is 0 Å². The Kier molecular flexibility index (Phi) is 8.60. The zero-order chi connectivity index (χ0) is 22.3. The molecule has 3 rings (SSSR count). The minimum absolute atomic E-state index is 0.0319. The van der Waals surface area contributed by atoms with Crippen molar-refractivity contribution in [3.05, 3.63) is 36.4 Å². The van der Waals surface area contributed by atoms with Gasteiger partial charge >= 0.3 is 5.97 Å². The van der Waals surface area contributed by atoms with Crippen molar-refractivity contribution in [3.8, 4) is 0 Å². The van der Waals surface area contributed by atoms with Crippen molar-refractivity contribution in [3.63, 3.8) is 0 Å². The summed E-state index contributed by atoms with van der Waals surface area (Å²) in [5.41, 5.74) is 0.842. The second-order valence-electron chi connectivity index (χ2n) is 7.51. The predicted octanol–water partition coefficient (Wildman–Crippen LogP) is 1.78. The minimum Gasteiger partial charge on any atom is -0.480 e. The molecular formula is C21H31N3O5S. The van der Waals surface area contributed by atoms with Gasteiger partial charge in [-0.25, -0.2) is 8.42 Å².